The molecule has 0 atom stereocenters. The predicted molar refractivity (Wildman–Crippen MR) is 362 cm³/mol. The second kappa shape index (κ2) is 21.9. The summed E-state index contributed by atoms with van der Waals surface area (Å²) in [4.78, 5) is 4.84. The Labute approximate surface area is 527 Å². The first kappa shape index (κ1) is 55.7. The molecule has 0 fully saturated rings. The highest BCUT2D eigenvalue weighted by molar-refractivity contribution is 7.00. The number of nitrogens with zero attached hydrogens (tertiary/aromatic N) is 4. The molecule has 3 heterocycles. The molecule has 92 heavy (non-hydrogen) atoms. The van der Waals surface area contributed by atoms with Crippen LogP contribution in [0.1, 0.15) is 16.7 Å². The predicted octanol–water partition coefficient (Wildman–Crippen LogP) is 20.8. The molecule has 0 radical (unpaired) electrons. The zero-order chi connectivity index (χ0) is 62.4. The van der Waals surface area contributed by atoms with Crippen LogP contribution in [0.2, 0.25) is 0 Å². The summed E-state index contributed by atoms with van der Waals surface area (Å²) in [6.07, 6.45) is -10.2. The quantitative estimate of drug-likeness (QED) is 0.107. The first-order valence-corrected chi connectivity index (χ1v) is 30.2. The van der Waals surface area contributed by atoms with Crippen LogP contribution in [0.3, 0.4) is 0 Å². The summed E-state index contributed by atoms with van der Waals surface area (Å²) in [7, 11) is 0. The van der Waals surface area contributed by atoms with Gasteiger partial charge in [0.1, 0.15) is 0 Å². The first-order chi connectivity index (χ1) is 44.8. The fourth-order valence-corrected chi connectivity index (χ4v) is 13.8. The van der Waals surface area contributed by atoms with Crippen molar-refractivity contribution in [3.05, 3.63) is 314 Å². The third kappa shape index (κ3) is 9.58. The Morgan fingerprint density at radius 3 is 1.20 bits per heavy atom. The van der Waals surface area contributed by atoms with Gasteiger partial charge in [-0.15, -0.1) is 0 Å². The van der Waals surface area contributed by atoms with Crippen LogP contribution in [0, 0.1) is 11.3 Å². The number of benzene rings is 13. The number of rotatable bonds is 9. The van der Waals surface area contributed by atoms with E-state index in [1.807, 2.05) is 65.2 Å². The summed E-state index contributed by atoms with van der Waals surface area (Å²) in [6.45, 7) is -0.211. The number of anilines is 6. The molecule has 14 aromatic rings. The van der Waals surface area contributed by atoms with E-state index in [1.54, 1.807) is 6.07 Å². The summed E-state index contributed by atoms with van der Waals surface area (Å²) < 4.78 is 89.3. The zero-order valence-electron chi connectivity index (χ0n) is 48.9. The SMILES string of the molecule is N#Cc1ccc(-n2c3ccccc3c3cc(-c4cc5c6c(c4)N(c4cc(-c7ccccc7)cc(-c7ccccc7)c4)c4ccccc4B6c4ccccc4N5c4cc(-c5ccccc5)cc(-c5ccccc5)c4)ccc32)c(-c2cc(C(F)(F)F)cc(C(F)(F)F)c2)c1. The van der Waals surface area contributed by atoms with E-state index < -0.39 is 23.5 Å². The van der Waals surface area contributed by atoms with E-state index in [4.69, 9.17) is 0 Å². The standard InChI is InChI=1S/C81H49BF6N4/c83-80(84,85)63-40-62(41-64(49-63)81(86,87)88)68-37-51(50-89)33-35-73(68)92-72-30-16-13-27-67(72)69-46-56(34-36-74(69)92)61-47-77-79-78(48-61)91(66-44-59(54-23-9-3-10-24-54)39-60(45-66)55-25-11-4-12-26-55)76-32-18-15-29-71(76)82(79)70-28-14-17-31-75(70)90(77)65-42-57(52-19-5-1-6-20-52)38-58(43-65)53-21-7-2-8-22-53/h1-49H. The Balaban J connectivity index is 0.978. The van der Waals surface area contributed by atoms with Gasteiger partial charge in [-0.05, 0) is 193 Å². The number of hydrogen-bond donors (Lipinski definition) is 0. The second-order valence-corrected chi connectivity index (χ2v) is 23.4. The van der Waals surface area contributed by atoms with Crippen molar-refractivity contribution in [3.8, 4) is 78.5 Å². The van der Waals surface area contributed by atoms with Crippen molar-refractivity contribution in [2.75, 3.05) is 9.80 Å². The largest absolute Gasteiger partial charge is 0.416 e. The molecule has 4 nitrogen and oxygen atoms in total. The number of alkyl halides is 6. The first-order valence-electron chi connectivity index (χ1n) is 30.2. The van der Waals surface area contributed by atoms with E-state index in [2.05, 4.69) is 216 Å². The highest BCUT2D eigenvalue weighted by Gasteiger charge is 2.44. The smallest absolute Gasteiger partial charge is 0.311 e. The summed E-state index contributed by atoms with van der Waals surface area (Å²) >= 11 is 0. The summed E-state index contributed by atoms with van der Waals surface area (Å²) in [6, 6.07) is 99.3. The van der Waals surface area contributed by atoms with E-state index in [9.17, 15) is 31.6 Å². The summed E-state index contributed by atoms with van der Waals surface area (Å²) in [5.41, 5.74) is 17.9. The van der Waals surface area contributed by atoms with Crippen LogP contribution in [-0.4, -0.2) is 11.3 Å². The minimum atomic E-state index is -5.10. The lowest BCUT2D eigenvalue weighted by Crippen LogP contribution is -2.61. The normalized spacial score (nSPS) is 12.6. The van der Waals surface area contributed by atoms with Crippen LogP contribution in [0.5, 0.6) is 0 Å². The van der Waals surface area contributed by atoms with Crippen LogP contribution in [0.15, 0.2) is 297 Å². The number of halogens is 6. The van der Waals surface area contributed by atoms with Gasteiger partial charge < -0.3 is 14.4 Å². The third-order valence-corrected chi connectivity index (χ3v) is 17.9. The van der Waals surface area contributed by atoms with Gasteiger partial charge in [-0.3, -0.25) is 0 Å². The van der Waals surface area contributed by atoms with Gasteiger partial charge in [0.15, 0.2) is 0 Å². The Kier molecular flexibility index (Phi) is 13.2. The minimum Gasteiger partial charge on any atom is -0.311 e. The van der Waals surface area contributed by atoms with Crippen molar-refractivity contribution in [1.82, 2.24) is 4.57 Å². The van der Waals surface area contributed by atoms with Gasteiger partial charge in [-0.25, -0.2) is 0 Å². The van der Waals surface area contributed by atoms with Gasteiger partial charge in [0.05, 0.1) is 39.5 Å². The maximum absolute atomic E-state index is 14.6. The lowest BCUT2D eigenvalue weighted by atomic mass is 9.33. The zero-order valence-corrected chi connectivity index (χ0v) is 48.9. The van der Waals surface area contributed by atoms with Crippen LogP contribution in [0.4, 0.5) is 60.5 Å². The van der Waals surface area contributed by atoms with Crippen LogP contribution < -0.4 is 26.2 Å². The maximum Gasteiger partial charge on any atom is 0.416 e. The number of aromatic nitrogens is 1. The molecule has 0 saturated heterocycles. The molecule has 0 N–H and O–H groups in total. The molecule has 13 aromatic carbocycles. The van der Waals surface area contributed by atoms with E-state index in [0.717, 1.165) is 129 Å². The molecule has 2 aliphatic rings. The highest BCUT2D eigenvalue weighted by Crippen LogP contribution is 2.50. The second-order valence-electron chi connectivity index (χ2n) is 23.4. The molecule has 0 amide bonds. The molecular weight excluding hydrogens is 1150 g/mol. The van der Waals surface area contributed by atoms with Gasteiger partial charge in [0.2, 0.25) is 0 Å². The molecule has 0 unspecified atom stereocenters. The summed E-state index contributed by atoms with van der Waals surface area (Å²) in [5.74, 6) is 0. The average molecular weight is 1200 g/mol. The molecule has 16 rings (SSSR count). The van der Waals surface area contributed by atoms with E-state index in [1.165, 1.54) is 12.1 Å². The Hall–Kier alpha value is -11.6. The molecule has 0 saturated carbocycles. The fraction of sp³-hybridized carbons (Fsp3) is 0.0247. The van der Waals surface area contributed by atoms with Gasteiger partial charge in [-0.2, -0.15) is 31.6 Å². The van der Waals surface area contributed by atoms with Crippen molar-refractivity contribution < 1.29 is 26.3 Å². The van der Waals surface area contributed by atoms with Crippen molar-refractivity contribution in [1.29, 1.82) is 5.26 Å². The lowest BCUT2D eigenvalue weighted by molar-refractivity contribution is -0.143. The van der Waals surface area contributed by atoms with Gasteiger partial charge in [0.25, 0.3) is 6.71 Å². The molecule has 0 aliphatic carbocycles. The van der Waals surface area contributed by atoms with Crippen LogP contribution in [-0.2, 0) is 12.4 Å². The minimum absolute atomic E-state index is 0.0231. The monoisotopic (exact) mass is 1200 g/mol. The average Bonchev–Trinajstić information content (AvgIpc) is 1.00. The molecule has 2 aliphatic heterocycles. The molecule has 0 spiro atoms. The van der Waals surface area contributed by atoms with E-state index in [-0.39, 0.29) is 29.5 Å². The molecule has 438 valence electrons. The Morgan fingerprint density at radius 2 is 0.728 bits per heavy atom. The maximum atomic E-state index is 14.6. The van der Waals surface area contributed by atoms with Crippen LogP contribution in [0.25, 0.3) is 94.3 Å². The fourth-order valence-electron chi connectivity index (χ4n) is 13.8. The lowest BCUT2D eigenvalue weighted by Gasteiger charge is -2.44. The number of para-hydroxylation sites is 3. The number of hydrogen-bond acceptors (Lipinski definition) is 3. The van der Waals surface area contributed by atoms with Gasteiger partial charge in [0, 0.05) is 50.5 Å². The highest BCUT2D eigenvalue weighted by atomic mass is 19.4. The number of fused-ring (bicyclic) bond motifs is 7. The van der Waals surface area contributed by atoms with Gasteiger partial charge >= 0.3 is 12.4 Å². The van der Waals surface area contributed by atoms with E-state index in [0.29, 0.717) is 16.7 Å². The Bertz CT molecular complexity index is 4940. The van der Waals surface area contributed by atoms with E-state index >= 15 is 0 Å². The third-order valence-electron chi connectivity index (χ3n) is 17.9. The number of nitriles is 1. The van der Waals surface area contributed by atoms with Gasteiger partial charge in [-0.1, -0.05) is 182 Å². The van der Waals surface area contributed by atoms with Crippen molar-refractivity contribution in [3.63, 3.8) is 0 Å². The van der Waals surface area contributed by atoms with Crippen LogP contribution >= 0.6 is 0 Å². The molecular formula is C81H49BF6N4. The van der Waals surface area contributed by atoms with Crippen molar-refractivity contribution in [2.45, 2.75) is 12.4 Å². The summed E-state index contributed by atoms with van der Waals surface area (Å²) in [5, 5.41) is 11.8. The molecule has 1 aromatic heterocycles. The van der Waals surface area contributed by atoms with Crippen molar-refractivity contribution in [2.24, 2.45) is 0 Å². The van der Waals surface area contributed by atoms with Crippen molar-refractivity contribution >= 4 is 79.0 Å². The topological polar surface area (TPSA) is 35.2 Å². The molecule has 11 heteroatoms. The molecule has 0 bridgehead atoms. The Morgan fingerprint density at radius 1 is 0.304 bits per heavy atom.